The van der Waals surface area contributed by atoms with E-state index in [-0.39, 0.29) is 25.1 Å². The SMILES string of the molecule is CCCCCCCCC/C=C\CCCCCC(=O)NC(COP(=O)(O)OCC[N+](C)(C)C)C(/C=C\CCCCCCCCCCCC)OC(=O)CCCCCCCCCCCCCCCCCCCCCCC. The molecule has 0 saturated heterocycles. The Hall–Kier alpha value is -1.51. The van der Waals surface area contributed by atoms with Crippen molar-refractivity contribution in [2.24, 2.45) is 0 Å². The Morgan fingerprint density at radius 3 is 1.18 bits per heavy atom. The second-order valence-corrected chi connectivity index (χ2v) is 24.4. The number of unbranched alkanes of at least 4 members (excludes halogenated alkanes) is 40. The van der Waals surface area contributed by atoms with E-state index < -0.39 is 20.0 Å². The van der Waals surface area contributed by atoms with E-state index in [2.05, 4.69) is 38.2 Å². The number of nitrogens with zero attached hydrogens (tertiary/aromatic N) is 1. The van der Waals surface area contributed by atoms with Crippen LogP contribution in [0.25, 0.3) is 0 Å². The predicted octanol–water partition coefficient (Wildman–Crippen LogP) is 19.3. The molecule has 2 N–H and O–H groups in total. The fourth-order valence-electron chi connectivity index (χ4n) is 9.47. The van der Waals surface area contributed by atoms with Gasteiger partial charge in [0.05, 0.1) is 33.8 Å². The van der Waals surface area contributed by atoms with Crippen LogP contribution in [-0.2, 0) is 27.9 Å². The number of phosphoric ester groups is 1. The van der Waals surface area contributed by atoms with Crippen LogP contribution in [0.1, 0.15) is 316 Å². The van der Waals surface area contributed by atoms with Gasteiger partial charge in [0.2, 0.25) is 5.91 Å². The standard InChI is InChI=1S/C63H123N2O7P/c1-7-10-13-16-19-22-25-28-30-31-32-33-34-35-36-38-41-44-47-50-53-56-63(67)72-61(54-51-48-45-42-39-27-24-21-18-15-12-9-3)60(59-71-73(68,69)70-58-57-65(4,5)6)64-62(66)55-52-49-46-43-40-37-29-26-23-20-17-14-11-8-2/h37,40,51,54,60-61H,7-36,38-39,41-50,52-53,55-59H2,1-6H3,(H-,64,66,68,69)/p+1/b40-37-,54-51-. The molecule has 10 heteroatoms. The van der Waals surface area contributed by atoms with E-state index >= 15 is 0 Å². The third kappa shape index (κ3) is 55.1. The summed E-state index contributed by atoms with van der Waals surface area (Å²) in [6, 6.07) is -0.850. The molecule has 0 rings (SSSR count). The highest BCUT2D eigenvalue weighted by Gasteiger charge is 2.30. The van der Waals surface area contributed by atoms with Gasteiger partial charge in [-0.25, -0.2) is 4.57 Å². The third-order valence-electron chi connectivity index (χ3n) is 14.4. The minimum atomic E-state index is -4.44. The molecule has 0 spiro atoms. The molecule has 3 unspecified atom stereocenters. The molecule has 0 aliphatic rings. The molecule has 0 bridgehead atoms. The maximum Gasteiger partial charge on any atom is 0.472 e. The lowest BCUT2D eigenvalue weighted by Crippen LogP contribution is -2.47. The zero-order valence-electron chi connectivity index (χ0n) is 49.4. The van der Waals surface area contributed by atoms with Crippen molar-refractivity contribution in [1.82, 2.24) is 5.32 Å². The number of quaternary nitrogens is 1. The second-order valence-electron chi connectivity index (χ2n) is 22.9. The van der Waals surface area contributed by atoms with Crippen LogP contribution in [0.2, 0.25) is 0 Å². The number of carbonyl (C=O) groups is 2. The number of hydrogen-bond donors (Lipinski definition) is 2. The summed E-state index contributed by atoms with van der Waals surface area (Å²) in [6.07, 6.45) is 63.2. The van der Waals surface area contributed by atoms with Crippen molar-refractivity contribution in [3.05, 3.63) is 24.3 Å². The normalized spacial score (nSPS) is 13.8. The molecule has 0 radical (unpaired) electrons. The molecule has 0 aromatic carbocycles. The van der Waals surface area contributed by atoms with Gasteiger partial charge in [0.25, 0.3) is 0 Å². The van der Waals surface area contributed by atoms with Crippen molar-refractivity contribution in [3.8, 4) is 0 Å². The van der Waals surface area contributed by atoms with Gasteiger partial charge in [-0.15, -0.1) is 0 Å². The lowest BCUT2D eigenvalue weighted by Gasteiger charge is -2.27. The van der Waals surface area contributed by atoms with E-state index in [4.69, 9.17) is 13.8 Å². The number of rotatable bonds is 58. The van der Waals surface area contributed by atoms with Crippen LogP contribution in [0, 0.1) is 0 Å². The summed E-state index contributed by atoms with van der Waals surface area (Å²) in [5, 5.41) is 3.05. The van der Waals surface area contributed by atoms with Crippen molar-refractivity contribution in [2.45, 2.75) is 328 Å². The molecule has 0 aromatic heterocycles. The summed E-state index contributed by atoms with van der Waals surface area (Å²) in [6.45, 7) is 7.04. The number of phosphoric acid groups is 1. The molecule has 0 aromatic rings. The van der Waals surface area contributed by atoms with E-state index in [1.165, 1.54) is 212 Å². The monoisotopic (exact) mass is 1050 g/mol. The molecule has 3 atom stereocenters. The summed E-state index contributed by atoms with van der Waals surface area (Å²) >= 11 is 0. The van der Waals surface area contributed by atoms with Crippen molar-refractivity contribution in [1.29, 1.82) is 0 Å². The number of likely N-dealkylation sites (N-methyl/N-ethyl adjacent to an activating group) is 1. The largest absolute Gasteiger partial charge is 0.472 e. The van der Waals surface area contributed by atoms with Gasteiger partial charge in [0.1, 0.15) is 19.3 Å². The highest BCUT2D eigenvalue weighted by Crippen LogP contribution is 2.43. The summed E-state index contributed by atoms with van der Waals surface area (Å²) in [7, 11) is 1.50. The van der Waals surface area contributed by atoms with Gasteiger partial charge in [0, 0.05) is 12.8 Å². The van der Waals surface area contributed by atoms with Crippen molar-refractivity contribution in [2.75, 3.05) is 40.9 Å². The number of carbonyl (C=O) groups excluding carboxylic acids is 2. The van der Waals surface area contributed by atoms with Gasteiger partial charge in [-0.05, 0) is 57.4 Å². The lowest BCUT2D eigenvalue weighted by atomic mass is 10.0. The quantitative estimate of drug-likeness (QED) is 0.0205. The van der Waals surface area contributed by atoms with Gasteiger partial charge >= 0.3 is 13.8 Å². The Balaban J connectivity index is 5.17. The smallest absolute Gasteiger partial charge is 0.456 e. The summed E-state index contributed by atoms with van der Waals surface area (Å²) in [4.78, 5) is 37.7. The second kappa shape index (κ2) is 53.9. The number of nitrogens with one attached hydrogen (secondary N) is 1. The first-order valence-corrected chi connectivity index (χ1v) is 33.2. The van der Waals surface area contributed by atoms with Crippen LogP contribution < -0.4 is 5.32 Å². The van der Waals surface area contributed by atoms with Gasteiger partial charge in [-0.2, -0.15) is 0 Å². The van der Waals surface area contributed by atoms with Gasteiger partial charge in [-0.3, -0.25) is 18.6 Å². The number of ether oxygens (including phenoxy) is 1. The average molecular weight is 1050 g/mol. The van der Waals surface area contributed by atoms with E-state index in [1.807, 2.05) is 33.3 Å². The molecular formula is C63H124N2O7P+. The van der Waals surface area contributed by atoms with Crippen LogP contribution in [0.4, 0.5) is 0 Å². The Morgan fingerprint density at radius 1 is 0.466 bits per heavy atom. The molecule has 0 heterocycles. The van der Waals surface area contributed by atoms with E-state index in [9.17, 15) is 19.0 Å². The molecule has 432 valence electrons. The molecule has 0 aliphatic carbocycles. The summed E-state index contributed by atoms with van der Waals surface area (Å²) in [5.74, 6) is -0.507. The Bertz CT molecular complexity index is 1300. The zero-order chi connectivity index (χ0) is 53.6. The first kappa shape index (κ1) is 71.5. The van der Waals surface area contributed by atoms with Crippen LogP contribution in [0.15, 0.2) is 24.3 Å². The molecule has 73 heavy (non-hydrogen) atoms. The maximum atomic E-state index is 13.5. The molecule has 1 amide bonds. The number of esters is 1. The summed E-state index contributed by atoms with van der Waals surface area (Å²) in [5.41, 5.74) is 0. The van der Waals surface area contributed by atoms with E-state index in [1.54, 1.807) is 0 Å². The first-order chi connectivity index (χ1) is 35.4. The summed E-state index contributed by atoms with van der Waals surface area (Å²) < 4.78 is 30.7. The highest BCUT2D eigenvalue weighted by atomic mass is 31.2. The Kier molecular flexibility index (Phi) is 52.8. The minimum Gasteiger partial charge on any atom is -0.456 e. The molecule has 0 aliphatic heterocycles. The Labute approximate surface area is 454 Å². The zero-order valence-corrected chi connectivity index (χ0v) is 50.3. The van der Waals surface area contributed by atoms with Gasteiger partial charge in [-0.1, -0.05) is 270 Å². The lowest BCUT2D eigenvalue weighted by molar-refractivity contribution is -0.870. The minimum absolute atomic E-state index is 0.0410. The molecule has 0 saturated carbocycles. The van der Waals surface area contributed by atoms with E-state index in [0.717, 1.165) is 70.6 Å². The molecule has 9 nitrogen and oxygen atoms in total. The molecular weight excluding hydrogens is 928 g/mol. The van der Waals surface area contributed by atoms with E-state index in [0.29, 0.717) is 23.9 Å². The Morgan fingerprint density at radius 2 is 0.795 bits per heavy atom. The fraction of sp³-hybridized carbons (Fsp3) is 0.905. The van der Waals surface area contributed by atoms with Gasteiger partial charge < -0.3 is 19.4 Å². The number of hydrogen-bond acceptors (Lipinski definition) is 6. The van der Waals surface area contributed by atoms with Crippen LogP contribution in [0.3, 0.4) is 0 Å². The third-order valence-corrected chi connectivity index (χ3v) is 15.4. The average Bonchev–Trinajstić information content (AvgIpc) is 3.35. The van der Waals surface area contributed by atoms with Crippen LogP contribution >= 0.6 is 7.82 Å². The first-order valence-electron chi connectivity index (χ1n) is 31.7. The molecule has 0 fully saturated rings. The van der Waals surface area contributed by atoms with Crippen molar-refractivity contribution < 1.29 is 37.3 Å². The van der Waals surface area contributed by atoms with Crippen LogP contribution in [-0.4, -0.2) is 74.3 Å². The fourth-order valence-corrected chi connectivity index (χ4v) is 10.2. The van der Waals surface area contributed by atoms with Crippen molar-refractivity contribution in [3.63, 3.8) is 0 Å². The number of amides is 1. The van der Waals surface area contributed by atoms with Crippen molar-refractivity contribution >= 4 is 19.7 Å². The maximum absolute atomic E-state index is 13.5. The predicted molar refractivity (Wildman–Crippen MR) is 314 cm³/mol. The number of allylic oxidation sites excluding steroid dienone is 3. The van der Waals surface area contributed by atoms with Gasteiger partial charge in [0.15, 0.2) is 0 Å². The van der Waals surface area contributed by atoms with Crippen LogP contribution in [0.5, 0.6) is 0 Å². The topological polar surface area (TPSA) is 111 Å². The highest BCUT2D eigenvalue weighted by molar-refractivity contribution is 7.47.